The average molecular weight is 272 g/mol. The number of anilines is 1. The lowest BCUT2D eigenvalue weighted by Crippen LogP contribution is -2.19. The lowest BCUT2D eigenvalue weighted by molar-refractivity contribution is -0.120. The Morgan fingerprint density at radius 3 is 2.72 bits per heavy atom. The molecule has 1 aromatic rings. The maximum absolute atomic E-state index is 11.5. The highest BCUT2D eigenvalue weighted by molar-refractivity contribution is 6.34. The van der Waals surface area contributed by atoms with Gasteiger partial charge in [-0.1, -0.05) is 11.6 Å². The van der Waals surface area contributed by atoms with Gasteiger partial charge in [0.05, 0.1) is 10.7 Å². The van der Waals surface area contributed by atoms with Gasteiger partial charge in [-0.05, 0) is 6.92 Å². The van der Waals surface area contributed by atoms with Crippen molar-refractivity contribution in [2.75, 3.05) is 31.7 Å². The molecule has 0 unspecified atom stereocenters. The van der Waals surface area contributed by atoms with E-state index < -0.39 is 0 Å². The number of ether oxygens (including phenoxy) is 3. The number of fused-ring (bicyclic) bond motifs is 1. The number of carbonyl (C=O) groups excluding carboxylic acids is 1. The van der Waals surface area contributed by atoms with E-state index in [4.69, 9.17) is 25.8 Å². The van der Waals surface area contributed by atoms with Gasteiger partial charge in [0.1, 0.15) is 19.8 Å². The fraction of sp³-hybridized carbons (Fsp3) is 0.417. The van der Waals surface area contributed by atoms with E-state index >= 15 is 0 Å². The van der Waals surface area contributed by atoms with Crippen LogP contribution in [-0.2, 0) is 9.53 Å². The minimum absolute atomic E-state index is 0.00126. The summed E-state index contributed by atoms with van der Waals surface area (Å²) < 4.78 is 15.8. The van der Waals surface area contributed by atoms with Crippen molar-refractivity contribution < 1.29 is 19.0 Å². The monoisotopic (exact) mass is 271 g/mol. The zero-order chi connectivity index (χ0) is 13.0. The molecule has 0 aromatic heterocycles. The minimum Gasteiger partial charge on any atom is -0.486 e. The fourth-order valence-electron chi connectivity index (χ4n) is 1.54. The molecule has 1 aliphatic rings. The highest BCUT2D eigenvalue weighted by atomic mass is 35.5. The van der Waals surface area contributed by atoms with Crippen LogP contribution in [-0.4, -0.2) is 32.3 Å². The third-order valence-corrected chi connectivity index (χ3v) is 2.66. The van der Waals surface area contributed by atoms with E-state index in [1.54, 1.807) is 12.1 Å². The molecule has 0 bridgehead atoms. The van der Waals surface area contributed by atoms with Gasteiger partial charge in [-0.25, -0.2) is 0 Å². The van der Waals surface area contributed by atoms with Crippen LogP contribution in [0, 0.1) is 0 Å². The molecule has 0 saturated heterocycles. The van der Waals surface area contributed by atoms with Crippen molar-refractivity contribution in [3.05, 3.63) is 17.2 Å². The molecule has 0 fully saturated rings. The Bertz CT molecular complexity index is 450. The minimum atomic E-state index is -0.254. The van der Waals surface area contributed by atoms with E-state index in [2.05, 4.69) is 5.32 Å². The molecule has 1 aromatic carbocycles. The summed E-state index contributed by atoms with van der Waals surface area (Å²) in [5.74, 6) is 0.918. The third kappa shape index (κ3) is 3.05. The van der Waals surface area contributed by atoms with Crippen LogP contribution in [0.3, 0.4) is 0 Å². The van der Waals surface area contributed by atoms with Crippen LogP contribution >= 0.6 is 11.6 Å². The molecule has 1 amide bonds. The number of nitrogens with one attached hydrogen (secondary N) is 1. The molecule has 1 N–H and O–H groups in total. The second kappa shape index (κ2) is 5.93. The third-order valence-electron chi connectivity index (χ3n) is 2.34. The molecule has 1 heterocycles. The highest BCUT2D eigenvalue weighted by Crippen LogP contribution is 2.37. The van der Waals surface area contributed by atoms with Crippen LogP contribution in [0.15, 0.2) is 12.1 Å². The van der Waals surface area contributed by atoms with Crippen molar-refractivity contribution in [2.24, 2.45) is 0 Å². The predicted molar refractivity (Wildman–Crippen MR) is 67.6 cm³/mol. The summed E-state index contributed by atoms with van der Waals surface area (Å²) in [6, 6.07) is 3.28. The Balaban J connectivity index is 2.10. The largest absolute Gasteiger partial charge is 0.486 e. The zero-order valence-corrected chi connectivity index (χ0v) is 10.8. The summed E-state index contributed by atoms with van der Waals surface area (Å²) in [5.41, 5.74) is 0.491. The fourth-order valence-corrected chi connectivity index (χ4v) is 1.74. The van der Waals surface area contributed by atoms with Gasteiger partial charge in [0.25, 0.3) is 0 Å². The van der Waals surface area contributed by atoms with Crippen LogP contribution in [0.2, 0.25) is 5.02 Å². The summed E-state index contributed by atoms with van der Waals surface area (Å²) >= 11 is 6.05. The SMILES string of the molecule is CCOCC(=O)Nc1cc2c(cc1Cl)OCCO2. The van der Waals surface area contributed by atoms with Crippen molar-refractivity contribution in [1.82, 2.24) is 0 Å². The predicted octanol–water partition coefficient (Wildman–Crippen LogP) is 2.09. The van der Waals surface area contributed by atoms with E-state index in [-0.39, 0.29) is 12.5 Å². The smallest absolute Gasteiger partial charge is 0.250 e. The summed E-state index contributed by atoms with van der Waals surface area (Å²) in [5, 5.41) is 3.07. The molecule has 1 aliphatic heterocycles. The Labute approximate surface area is 110 Å². The summed E-state index contributed by atoms with van der Waals surface area (Å²) in [7, 11) is 0. The molecule has 5 nitrogen and oxygen atoms in total. The van der Waals surface area contributed by atoms with Gasteiger partial charge in [-0.15, -0.1) is 0 Å². The van der Waals surface area contributed by atoms with Gasteiger partial charge in [0, 0.05) is 18.7 Å². The molecular weight excluding hydrogens is 258 g/mol. The van der Waals surface area contributed by atoms with E-state index in [0.717, 1.165) is 0 Å². The lowest BCUT2D eigenvalue weighted by atomic mass is 10.2. The van der Waals surface area contributed by atoms with Gasteiger partial charge in [-0.2, -0.15) is 0 Å². The van der Waals surface area contributed by atoms with E-state index in [0.29, 0.717) is 42.0 Å². The molecule has 0 aliphatic carbocycles. The molecule has 6 heteroatoms. The van der Waals surface area contributed by atoms with Crippen molar-refractivity contribution in [2.45, 2.75) is 6.92 Å². The average Bonchev–Trinajstić information content (AvgIpc) is 2.37. The Morgan fingerprint density at radius 1 is 1.39 bits per heavy atom. The maximum Gasteiger partial charge on any atom is 0.250 e. The first-order valence-corrected chi connectivity index (χ1v) is 6.05. The van der Waals surface area contributed by atoms with Crippen molar-refractivity contribution in [1.29, 1.82) is 0 Å². The molecular formula is C12H14ClNO4. The molecule has 98 valence electrons. The van der Waals surface area contributed by atoms with Crippen molar-refractivity contribution in [3.63, 3.8) is 0 Å². The van der Waals surface area contributed by atoms with Gasteiger partial charge >= 0.3 is 0 Å². The molecule has 0 spiro atoms. The second-order valence-electron chi connectivity index (χ2n) is 3.66. The van der Waals surface area contributed by atoms with Crippen LogP contribution in [0.4, 0.5) is 5.69 Å². The van der Waals surface area contributed by atoms with Gasteiger partial charge in [0.2, 0.25) is 5.91 Å². The summed E-state index contributed by atoms with van der Waals surface area (Å²) in [6.07, 6.45) is 0. The maximum atomic E-state index is 11.5. The highest BCUT2D eigenvalue weighted by Gasteiger charge is 2.16. The van der Waals surface area contributed by atoms with Crippen molar-refractivity contribution in [3.8, 4) is 11.5 Å². The normalized spacial score (nSPS) is 13.2. The Hall–Kier alpha value is -1.46. The quantitative estimate of drug-likeness (QED) is 0.911. The molecule has 0 saturated carbocycles. The first kappa shape index (κ1) is 13.0. The Morgan fingerprint density at radius 2 is 2.06 bits per heavy atom. The van der Waals surface area contributed by atoms with E-state index in [1.165, 1.54) is 0 Å². The summed E-state index contributed by atoms with van der Waals surface area (Å²) in [4.78, 5) is 11.5. The van der Waals surface area contributed by atoms with E-state index in [9.17, 15) is 4.79 Å². The molecule has 2 rings (SSSR count). The van der Waals surface area contributed by atoms with Gasteiger partial charge in [0.15, 0.2) is 11.5 Å². The van der Waals surface area contributed by atoms with Crippen LogP contribution in [0.5, 0.6) is 11.5 Å². The number of halogens is 1. The van der Waals surface area contributed by atoms with Gasteiger partial charge < -0.3 is 19.5 Å². The first-order valence-electron chi connectivity index (χ1n) is 5.67. The number of hydrogen-bond acceptors (Lipinski definition) is 4. The van der Waals surface area contributed by atoms with E-state index in [1.807, 2.05) is 6.92 Å². The second-order valence-corrected chi connectivity index (χ2v) is 4.07. The van der Waals surface area contributed by atoms with Crippen LogP contribution in [0.1, 0.15) is 6.92 Å². The van der Waals surface area contributed by atoms with Crippen LogP contribution < -0.4 is 14.8 Å². The topological polar surface area (TPSA) is 56.8 Å². The number of rotatable bonds is 4. The standard InChI is InChI=1S/C12H14ClNO4/c1-2-16-7-12(15)14-9-6-11-10(5-8(9)13)17-3-4-18-11/h5-6H,2-4,7H2,1H3,(H,14,15). The molecule has 18 heavy (non-hydrogen) atoms. The molecule has 0 atom stereocenters. The lowest BCUT2D eigenvalue weighted by Gasteiger charge is -2.20. The number of carbonyl (C=O) groups is 1. The van der Waals surface area contributed by atoms with Gasteiger partial charge in [-0.3, -0.25) is 4.79 Å². The zero-order valence-electron chi connectivity index (χ0n) is 9.99. The number of amides is 1. The Kier molecular flexibility index (Phi) is 4.28. The first-order chi connectivity index (χ1) is 8.70. The van der Waals surface area contributed by atoms with Crippen LogP contribution in [0.25, 0.3) is 0 Å². The van der Waals surface area contributed by atoms with Crippen molar-refractivity contribution >= 4 is 23.2 Å². The number of benzene rings is 1. The number of hydrogen-bond donors (Lipinski definition) is 1. The molecule has 0 radical (unpaired) electrons. The summed E-state index contributed by atoms with van der Waals surface area (Å²) in [6.45, 7) is 3.30.